The molecule has 1 aromatic carbocycles. The molecule has 4 saturated carbocycles. The van der Waals surface area contributed by atoms with Crippen molar-refractivity contribution in [3.05, 3.63) is 35.9 Å². The maximum atomic E-state index is 13.4. The van der Waals surface area contributed by atoms with Gasteiger partial charge in [-0.1, -0.05) is 30.3 Å². The van der Waals surface area contributed by atoms with E-state index in [-0.39, 0.29) is 36.2 Å². The van der Waals surface area contributed by atoms with E-state index in [0.29, 0.717) is 30.7 Å². The highest BCUT2D eigenvalue weighted by atomic mass is 16.2. The van der Waals surface area contributed by atoms with Gasteiger partial charge in [0, 0.05) is 6.54 Å². The van der Waals surface area contributed by atoms with E-state index < -0.39 is 0 Å². The van der Waals surface area contributed by atoms with Crippen molar-refractivity contribution in [2.45, 2.75) is 44.9 Å². The minimum absolute atomic E-state index is 0.0567. The summed E-state index contributed by atoms with van der Waals surface area (Å²) in [4.78, 5) is 41.7. The van der Waals surface area contributed by atoms with Gasteiger partial charge in [0.05, 0.1) is 5.41 Å². The summed E-state index contributed by atoms with van der Waals surface area (Å²) in [6, 6.07) is 9.88. The van der Waals surface area contributed by atoms with Gasteiger partial charge in [-0.05, 0) is 68.3 Å². The molecule has 0 spiro atoms. The van der Waals surface area contributed by atoms with Crippen molar-refractivity contribution in [1.82, 2.24) is 9.80 Å². The van der Waals surface area contributed by atoms with Gasteiger partial charge in [0.25, 0.3) is 0 Å². The first-order valence-corrected chi connectivity index (χ1v) is 10.7. The fourth-order valence-electron chi connectivity index (χ4n) is 6.68. The van der Waals surface area contributed by atoms with Crippen LogP contribution in [0.15, 0.2) is 30.3 Å². The van der Waals surface area contributed by atoms with Crippen LogP contribution in [0.4, 0.5) is 0 Å². The molecule has 5 nitrogen and oxygen atoms in total. The third kappa shape index (κ3) is 3.05. The third-order valence-electron chi connectivity index (χ3n) is 7.50. The summed E-state index contributed by atoms with van der Waals surface area (Å²) in [6.45, 7) is 0.503. The van der Waals surface area contributed by atoms with Gasteiger partial charge in [-0.25, -0.2) is 0 Å². The summed E-state index contributed by atoms with van der Waals surface area (Å²) >= 11 is 0. The van der Waals surface area contributed by atoms with Crippen molar-refractivity contribution in [2.24, 2.45) is 23.2 Å². The van der Waals surface area contributed by atoms with Gasteiger partial charge in [-0.3, -0.25) is 19.3 Å². The number of hydrogen-bond acceptors (Lipinski definition) is 3. The molecular weight excluding hydrogens is 352 g/mol. The Balaban J connectivity index is 1.25. The van der Waals surface area contributed by atoms with Crippen molar-refractivity contribution in [2.75, 3.05) is 19.6 Å². The lowest BCUT2D eigenvalue weighted by Gasteiger charge is -2.56. The number of amides is 3. The van der Waals surface area contributed by atoms with E-state index in [1.165, 1.54) is 24.2 Å². The predicted octanol–water partition coefficient (Wildman–Crippen LogP) is 2.64. The monoisotopic (exact) mass is 380 g/mol. The number of rotatable bonds is 4. The van der Waals surface area contributed by atoms with Crippen molar-refractivity contribution in [3.63, 3.8) is 0 Å². The number of imide groups is 1. The summed E-state index contributed by atoms with van der Waals surface area (Å²) in [5.74, 6) is 1.64. The number of hydrogen-bond donors (Lipinski definition) is 0. The molecule has 0 radical (unpaired) electrons. The SMILES string of the molecule is O=C1CN(C(=O)C23CC4CC(CC(C4)C2)C3)CC(=O)N1CCc1ccccc1. The second-order valence-corrected chi connectivity index (χ2v) is 9.53. The summed E-state index contributed by atoms with van der Waals surface area (Å²) in [5, 5.41) is 0. The predicted molar refractivity (Wildman–Crippen MR) is 104 cm³/mol. The minimum Gasteiger partial charge on any atom is -0.324 e. The quantitative estimate of drug-likeness (QED) is 0.755. The standard InChI is InChI=1S/C23H28N2O3/c26-20-14-24(15-21(27)25(20)7-6-16-4-2-1-3-5-16)22(28)23-11-17-8-18(12-23)10-19(9-17)13-23/h1-5,17-19H,6-15H2. The molecule has 1 aromatic rings. The number of benzene rings is 1. The van der Waals surface area contributed by atoms with Crippen molar-refractivity contribution < 1.29 is 14.4 Å². The first-order valence-electron chi connectivity index (χ1n) is 10.7. The molecule has 3 amide bonds. The van der Waals surface area contributed by atoms with Crippen LogP contribution in [-0.2, 0) is 20.8 Å². The van der Waals surface area contributed by atoms with E-state index in [1.807, 2.05) is 30.3 Å². The zero-order valence-corrected chi connectivity index (χ0v) is 16.3. The maximum Gasteiger partial charge on any atom is 0.248 e. The molecule has 0 atom stereocenters. The van der Waals surface area contributed by atoms with Crippen LogP contribution in [0, 0.1) is 23.2 Å². The fourth-order valence-corrected chi connectivity index (χ4v) is 6.68. The third-order valence-corrected chi connectivity index (χ3v) is 7.50. The van der Waals surface area contributed by atoms with Gasteiger partial charge in [0.15, 0.2) is 0 Å². The summed E-state index contributed by atoms with van der Waals surface area (Å²) < 4.78 is 0. The van der Waals surface area contributed by atoms with Gasteiger partial charge in [-0.2, -0.15) is 0 Å². The first-order chi connectivity index (χ1) is 13.5. The summed E-state index contributed by atoms with van der Waals surface area (Å²) in [6.07, 6.45) is 7.38. The zero-order valence-electron chi connectivity index (χ0n) is 16.3. The Hall–Kier alpha value is -2.17. The molecule has 5 fully saturated rings. The fraction of sp³-hybridized carbons (Fsp3) is 0.609. The number of carbonyl (C=O) groups is 3. The lowest BCUT2D eigenvalue weighted by atomic mass is 9.49. The van der Waals surface area contributed by atoms with Crippen molar-refractivity contribution in [3.8, 4) is 0 Å². The van der Waals surface area contributed by atoms with Crippen LogP contribution in [0.25, 0.3) is 0 Å². The Morgan fingerprint density at radius 1 is 0.893 bits per heavy atom. The van der Waals surface area contributed by atoms with Crippen LogP contribution < -0.4 is 0 Å². The van der Waals surface area contributed by atoms with E-state index in [2.05, 4.69) is 0 Å². The minimum atomic E-state index is -0.290. The number of carbonyl (C=O) groups excluding carboxylic acids is 3. The second-order valence-electron chi connectivity index (χ2n) is 9.53. The lowest BCUT2D eigenvalue weighted by Crippen LogP contribution is -2.61. The van der Waals surface area contributed by atoms with E-state index >= 15 is 0 Å². The molecule has 28 heavy (non-hydrogen) atoms. The number of nitrogens with zero attached hydrogens (tertiary/aromatic N) is 2. The van der Waals surface area contributed by atoms with Gasteiger partial charge in [0.1, 0.15) is 13.1 Å². The van der Waals surface area contributed by atoms with E-state index in [1.54, 1.807) is 4.90 Å². The highest BCUT2D eigenvalue weighted by molar-refractivity contribution is 6.03. The molecular formula is C23H28N2O3. The second kappa shape index (κ2) is 6.71. The summed E-state index contributed by atoms with van der Waals surface area (Å²) in [7, 11) is 0. The average molecular weight is 380 g/mol. The smallest absolute Gasteiger partial charge is 0.248 e. The Bertz CT molecular complexity index is 750. The van der Waals surface area contributed by atoms with Crippen LogP contribution >= 0.6 is 0 Å². The molecule has 1 saturated heterocycles. The van der Waals surface area contributed by atoms with Crippen LogP contribution in [0.5, 0.6) is 0 Å². The van der Waals surface area contributed by atoms with Crippen LogP contribution in [0.3, 0.4) is 0 Å². The molecule has 4 aliphatic carbocycles. The first kappa shape index (κ1) is 17.9. The molecule has 148 valence electrons. The highest BCUT2D eigenvalue weighted by Crippen LogP contribution is 2.60. The molecule has 5 aliphatic rings. The van der Waals surface area contributed by atoms with E-state index in [0.717, 1.165) is 24.8 Å². The zero-order chi connectivity index (χ0) is 19.3. The van der Waals surface area contributed by atoms with Crippen LogP contribution in [0.2, 0.25) is 0 Å². The van der Waals surface area contributed by atoms with Crippen LogP contribution in [0.1, 0.15) is 44.1 Å². The van der Waals surface area contributed by atoms with E-state index in [4.69, 9.17) is 0 Å². The largest absolute Gasteiger partial charge is 0.324 e. The Labute approximate surface area is 166 Å². The lowest BCUT2D eigenvalue weighted by molar-refractivity contribution is -0.167. The van der Waals surface area contributed by atoms with E-state index in [9.17, 15) is 14.4 Å². The van der Waals surface area contributed by atoms with Gasteiger partial charge in [0.2, 0.25) is 17.7 Å². The van der Waals surface area contributed by atoms with Gasteiger partial charge < -0.3 is 4.90 Å². The van der Waals surface area contributed by atoms with Crippen LogP contribution in [-0.4, -0.2) is 47.2 Å². The average Bonchev–Trinajstić information content (AvgIpc) is 2.66. The molecule has 5 heteroatoms. The number of piperazine rings is 1. The Morgan fingerprint density at radius 3 is 1.96 bits per heavy atom. The molecule has 1 aliphatic heterocycles. The summed E-state index contributed by atoms with van der Waals surface area (Å²) in [5.41, 5.74) is 0.816. The maximum absolute atomic E-state index is 13.4. The molecule has 4 bridgehead atoms. The molecule has 0 unspecified atom stereocenters. The Morgan fingerprint density at radius 2 is 1.43 bits per heavy atom. The molecule has 1 heterocycles. The van der Waals surface area contributed by atoms with Gasteiger partial charge in [-0.15, -0.1) is 0 Å². The normalized spacial score (nSPS) is 34.2. The van der Waals surface area contributed by atoms with Crippen molar-refractivity contribution in [1.29, 1.82) is 0 Å². The molecule has 0 aromatic heterocycles. The Kier molecular flexibility index (Phi) is 4.29. The highest BCUT2D eigenvalue weighted by Gasteiger charge is 2.56. The molecule has 0 N–H and O–H groups in total. The van der Waals surface area contributed by atoms with Crippen molar-refractivity contribution >= 4 is 17.7 Å². The molecule has 6 rings (SSSR count). The topological polar surface area (TPSA) is 57.7 Å². The van der Waals surface area contributed by atoms with Gasteiger partial charge >= 0.3 is 0 Å².